The van der Waals surface area contributed by atoms with E-state index in [1.807, 2.05) is 25.1 Å². The number of carbonyl (C=O) groups excluding carboxylic acids is 1. The van der Waals surface area contributed by atoms with Crippen molar-refractivity contribution in [1.29, 1.82) is 0 Å². The van der Waals surface area contributed by atoms with E-state index in [-0.39, 0.29) is 5.91 Å². The normalized spacial score (nSPS) is 24.5. The van der Waals surface area contributed by atoms with Gasteiger partial charge in [-0.1, -0.05) is 17.7 Å². The minimum atomic E-state index is -0.753. The maximum atomic E-state index is 12.7. The van der Waals surface area contributed by atoms with Gasteiger partial charge in [0.25, 0.3) is 0 Å². The number of amides is 1. The molecule has 2 aliphatic rings. The first kappa shape index (κ1) is 17.2. The second kappa shape index (κ2) is 7.11. The van der Waals surface area contributed by atoms with E-state index in [0.29, 0.717) is 32.5 Å². The number of benzene rings is 1. The molecule has 2 fully saturated rings. The highest BCUT2D eigenvalue weighted by atomic mass is 16.5. The Labute approximate surface area is 144 Å². The highest BCUT2D eigenvalue weighted by molar-refractivity contribution is 5.80. The number of aryl methyl sites for hydroxylation is 1. The van der Waals surface area contributed by atoms with Gasteiger partial charge in [0.2, 0.25) is 5.91 Å². The summed E-state index contributed by atoms with van der Waals surface area (Å²) in [6.07, 6.45) is 3.42. The molecule has 5 nitrogen and oxygen atoms in total. The van der Waals surface area contributed by atoms with Crippen LogP contribution in [0.3, 0.4) is 0 Å². The Morgan fingerprint density at radius 2 is 2.04 bits per heavy atom. The summed E-state index contributed by atoms with van der Waals surface area (Å²) in [6.45, 7) is 5.91. The van der Waals surface area contributed by atoms with Crippen LogP contribution in [0, 0.1) is 6.92 Å². The van der Waals surface area contributed by atoms with Crippen molar-refractivity contribution < 1.29 is 14.6 Å². The fraction of sp³-hybridized carbons (Fsp3) is 0.632. The molecular weight excluding hydrogens is 304 g/mol. The number of aliphatic hydroxyl groups is 1. The van der Waals surface area contributed by atoms with E-state index in [4.69, 9.17) is 4.74 Å². The molecule has 0 spiro atoms. The quantitative estimate of drug-likeness (QED) is 0.890. The van der Waals surface area contributed by atoms with E-state index in [1.165, 1.54) is 12.8 Å². The average Bonchev–Trinajstić information content (AvgIpc) is 3.18. The summed E-state index contributed by atoms with van der Waals surface area (Å²) in [5, 5.41) is 10.8. The van der Waals surface area contributed by atoms with E-state index in [0.717, 1.165) is 30.0 Å². The number of likely N-dealkylation sites (tertiary alicyclic amines) is 2. The van der Waals surface area contributed by atoms with E-state index in [2.05, 4.69) is 4.90 Å². The zero-order valence-electron chi connectivity index (χ0n) is 14.8. The Hall–Kier alpha value is -1.59. The summed E-state index contributed by atoms with van der Waals surface area (Å²) in [7, 11) is 1.63. The molecule has 2 saturated heterocycles. The molecule has 1 atom stereocenters. The topological polar surface area (TPSA) is 53.0 Å². The summed E-state index contributed by atoms with van der Waals surface area (Å²) in [4.78, 5) is 16.8. The molecule has 2 heterocycles. The molecule has 0 radical (unpaired) electrons. The Morgan fingerprint density at radius 3 is 2.75 bits per heavy atom. The van der Waals surface area contributed by atoms with Crippen LogP contribution in [-0.4, -0.2) is 66.2 Å². The van der Waals surface area contributed by atoms with Crippen molar-refractivity contribution in [3.63, 3.8) is 0 Å². The number of hydrogen-bond acceptors (Lipinski definition) is 4. The van der Waals surface area contributed by atoms with Crippen LogP contribution in [0.5, 0.6) is 5.75 Å². The van der Waals surface area contributed by atoms with Gasteiger partial charge in [0.05, 0.1) is 25.7 Å². The van der Waals surface area contributed by atoms with E-state index in [1.54, 1.807) is 12.0 Å². The molecule has 5 heteroatoms. The summed E-state index contributed by atoms with van der Waals surface area (Å²) in [5.74, 6) is 0.816. The molecular formula is C19H28N2O3. The Morgan fingerprint density at radius 1 is 1.29 bits per heavy atom. The summed E-state index contributed by atoms with van der Waals surface area (Å²) in [5.41, 5.74) is 1.28. The lowest BCUT2D eigenvalue weighted by molar-refractivity contribution is -0.130. The smallest absolute Gasteiger partial charge is 0.227 e. The van der Waals surface area contributed by atoms with Crippen molar-refractivity contribution in [3.05, 3.63) is 29.3 Å². The fourth-order valence-corrected chi connectivity index (χ4v) is 3.88. The second-order valence-electron chi connectivity index (χ2n) is 7.26. The maximum Gasteiger partial charge on any atom is 0.227 e. The third kappa shape index (κ3) is 3.90. The van der Waals surface area contributed by atoms with Gasteiger partial charge < -0.3 is 19.6 Å². The molecule has 132 valence electrons. The molecule has 0 bridgehead atoms. The SMILES string of the molecule is COc1ccc(C)cc1CC(=O)N1CC[C@@](O)(CN2CCCC2)C1. The lowest BCUT2D eigenvalue weighted by atomic mass is 10.0. The van der Waals surface area contributed by atoms with Gasteiger partial charge in [-0.3, -0.25) is 4.79 Å². The molecule has 24 heavy (non-hydrogen) atoms. The number of β-amino-alcohol motifs (C(OH)–C–C–N with tert-alkyl or cyclic N) is 1. The molecule has 0 aliphatic carbocycles. The van der Waals surface area contributed by atoms with Crippen LogP contribution in [0.25, 0.3) is 0 Å². The molecule has 0 unspecified atom stereocenters. The monoisotopic (exact) mass is 332 g/mol. The predicted molar refractivity (Wildman–Crippen MR) is 93.3 cm³/mol. The number of carbonyl (C=O) groups is 1. The largest absolute Gasteiger partial charge is 0.496 e. The van der Waals surface area contributed by atoms with Gasteiger partial charge in [-0.05, 0) is 45.3 Å². The zero-order valence-corrected chi connectivity index (χ0v) is 14.8. The van der Waals surface area contributed by atoms with E-state index < -0.39 is 5.60 Å². The second-order valence-corrected chi connectivity index (χ2v) is 7.26. The predicted octanol–water partition coefficient (Wildman–Crippen LogP) is 1.61. The van der Waals surface area contributed by atoms with Gasteiger partial charge in [0.15, 0.2) is 0 Å². The fourth-order valence-electron chi connectivity index (χ4n) is 3.88. The molecule has 1 amide bonds. The summed E-state index contributed by atoms with van der Waals surface area (Å²) in [6, 6.07) is 5.90. The van der Waals surface area contributed by atoms with Gasteiger partial charge in [-0.2, -0.15) is 0 Å². The van der Waals surface area contributed by atoms with Crippen molar-refractivity contribution in [2.24, 2.45) is 0 Å². The minimum absolute atomic E-state index is 0.0660. The van der Waals surface area contributed by atoms with Gasteiger partial charge in [-0.25, -0.2) is 0 Å². The molecule has 0 aromatic heterocycles. The van der Waals surface area contributed by atoms with Crippen LogP contribution in [0.4, 0.5) is 0 Å². The molecule has 3 rings (SSSR count). The number of rotatable bonds is 5. The van der Waals surface area contributed by atoms with Crippen molar-refractivity contribution in [3.8, 4) is 5.75 Å². The highest BCUT2D eigenvalue weighted by Gasteiger charge is 2.39. The van der Waals surface area contributed by atoms with Crippen LogP contribution in [0.2, 0.25) is 0 Å². The van der Waals surface area contributed by atoms with Crippen LogP contribution < -0.4 is 4.74 Å². The van der Waals surface area contributed by atoms with Crippen molar-refractivity contribution in [2.75, 3.05) is 39.8 Å². The summed E-state index contributed by atoms with van der Waals surface area (Å²) < 4.78 is 5.37. The van der Waals surface area contributed by atoms with E-state index in [9.17, 15) is 9.90 Å². The first-order valence-corrected chi connectivity index (χ1v) is 8.85. The Balaban J connectivity index is 1.61. The van der Waals surface area contributed by atoms with Crippen molar-refractivity contribution >= 4 is 5.91 Å². The lowest BCUT2D eigenvalue weighted by Crippen LogP contribution is -2.45. The third-order valence-electron chi connectivity index (χ3n) is 5.18. The van der Waals surface area contributed by atoms with Crippen LogP contribution in [0.1, 0.15) is 30.4 Å². The van der Waals surface area contributed by atoms with Crippen molar-refractivity contribution in [1.82, 2.24) is 9.80 Å². The number of nitrogens with zero attached hydrogens (tertiary/aromatic N) is 2. The molecule has 1 aromatic rings. The number of ether oxygens (including phenoxy) is 1. The van der Waals surface area contributed by atoms with Gasteiger partial charge in [0, 0.05) is 18.7 Å². The van der Waals surface area contributed by atoms with Gasteiger partial charge in [-0.15, -0.1) is 0 Å². The van der Waals surface area contributed by atoms with Crippen LogP contribution in [0.15, 0.2) is 18.2 Å². The van der Waals surface area contributed by atoms with Crippen molar-refractivity contribution in [2.45, 2.75) is 38.2 Å². The standard InChI is InChI=1S/C19H28N2O3/c1-15-5-6-17(24-2)16(11-15)12-18(22)21-10-7-19(23,14-21)13-20-8-3-4-9-20/h5-6,11,23H,3-4,7-10,12-14H2,1-2H3/t19-/m1/s1. The minimum Gasteiger partial charge on any atom is -0.496 e. The van der Waals surface area contributed by atoms with Gasteiger partial charge in [0.1, 0.15) is 5.75 Å². The Bertz CT molecular complexity index is 598. The maximum absolute atomic E-state index is 12.7. The highest BCUT2D eigenvalue weighted by Crippen LogP contribution is 2.26. The Kier molecular flexibility index (Phi) is 5.11. The molecule has 1 aromatic carbocycles. The first-order chi connectivity index (χ1) is 11.5. The van der Waals surface area contributed by atoms with Gasteiger partial charge >= 0.3 is 0 Å². The molecule has 0 saturated carbocycles. The summed E-state index contributed by atoms with van der Waals surface area (Å²) >= 11 is 0. The van der Waals surface area contributed by atoms with Crippen LogP contribution >= 0.6 is 0 Å². The molecule has 1 N–H and O–H groups in total. The van der Waals surface area contributed by atoms with Crippen LogP contribution in [-0.2, 0) is 11.2 Å². The first-order valence-electron chi connectivity index (χ1n) is 8.85. The lowest BCUT2D eigenvalue weighted by Gasteiger charge is -2.28. The van der Waals surface area contributed by atoms with E-state index >= 15 is 0 Å². The average molecular weight is 332 g/mol. The molecule has 2 aliphatic heterocycles. The zero-order chi connectivity index (χ0) is 17.2. The third-order valence-corrected chi connectivity index (χ3v) is 5.18. The number of methoxy groups -OCH3 is 1. The number of hydrogen-bond donors (Lipinski definition) is 1.